The van der Waals surface area contributed by atoms with Crippen LogP contribution in [0.15, 0.2) is 36.5 Å². The van der Waals surface area contributed by atoms with E-state index in [0.717, 1.165) is 12.1 Å². The molecule has 2 aliphatic heterocycles. The summed E-state index contributed by atoms with van der Waals surface area (Å²) in [6, 6.07) is 4.66. The van der Waals surface area contributed by atoms with Gasteiger partial charge in [0.05, 0.1) is 32.1 Å². The number of aromatic nitrogens is 3. The van der Waals surface area contributed by atoms with Crippen molar-refractivity contribution in [2.45, 2.75) is 49.5 Å². The monoisotopic (exact) mass is 628 g/mol. The summed E-state index contributed by atoms with van der Waals surface area (Å²) >= 11 is 12.5. The van der Waals surface area contributed by atoms with Crippen molar-refractivity contribution in [2.24, 2.45) is 0 Å². The highest BCUT2D eigenvalue weighted by molar-refractivity contribution is 6.35. The average molecular weight is 629 g/mol. The van der Waals surface area contributed by atoms with Crippen molar-refractivity contribution in [3.05, 3.63) is 63.8 Å². The zero-order valence-electron chi connectivity index (χ0n) is 22.4. The lowest BCUT2D eigenvalue weighted by Gasteiger charge is -2.45. The van der Waals surface area contributed by atoms with Crippen LogP contribution in [0.5, 0.6) is 0 Å². The first-order chi connectivity index (χ1) is 20.0. The number of methoxy groups -OCH3 is 1. The van der Waals surface area contributed by atoms with Gasteiger partial charge in [-0.2, -0.15) is 0 Å². The second-order valence-corrected chi connectivity index (χ2v) is 11.0. The van der Waals surface area contributed by atoms with E-state index >= 15 is 0 Å². The molecular weight excluding hydrogens is 601 g/mol. The van der Waals surface area contributed by atoms with Gasteiger partial charge in [0.2, 0.25) is 0 Å². The summed E-state index contributed by atoms with van der Waals surface area (Å²) < 4.78 is 46.7. The minimum atomic E-state index is -1.45. The molecule has 11 nitrogen and oxygen atoms in total. The maximum Gasteiger partial charge on any atom is 0.259 e. The Hall–Kier alpha value is -2.75. The van der Waals surface area contributed by atoms with Gasteiger partial charge in [0.15, 0.2) is 6.10 Å². The van der Waals surface area contributed by atoms with Crippen LogP contribution < -0.4 is 4.90 Å². The molecule has 0 spiro atoms. The molecule has 15 heteroatoms. The van der Waals surface area contributed by atoms with Crippen LogP contribution in [0.4, 0.5) is 14.5 Å². The van der Waals surface area contributed by atoms with Crippen LogP contribution in [0.1, 0.15) is 11.6 Å². The SMILES string of the molecule is CO[C@@H]1[C@@H](n2cc(-c3cc(F)c(C)c(F)c3)nn2)[C@@H](O)[C@@H](CO)O[C@H]1C(=O)N(c1cc(Cl)cc(Cl)c1)[C@@H]1COC[C@H]1O. The van der Waals surface area contributed by atoms with Gasteiger partial charge in [0.25, 0.3) is 5.91 Å². The van der Waals surface area contributed by atoms with Crippen LogP contribution in [-0.2, 0) is 19.0 Å². The summed E-state index contributed by atoms with van der Waals surface area (Å²) in [6.45, 7) is 0.597. The van der Waals surface area contributed by atoms with Crippen molar-refractivity contribution >= 4 is 34.8 Å². The van der Waals surface area contributed by atoms with Crippen LogP contribution in [0.3, 0.4) is 0 Å². The maximum atomic E-state index is 14.3. The minimum Gasteiger partial charge on any atom is -0.394 e. The van der Waals surface area contributed by atoms with E-state index in [9.17, 15) is 28.9 Å². The van der Waals surface area contributed by atoms with E-state index in [1.54, 1.807) is 0 Å². The van der Waals surface area contributed by atoms with Crippen molar-refractivity contribution < 1.29 is 43.1 Å². The highest BCUT2D eigenvalue weighted by Crippen LogP contribution is 2.36. The number of aliphatic hydroxyl groups is 3. The molecule has 0 aliphatic carbocycles. The fourth-order valence-electron chi connectivity index (χ4n) is 5.28. The number of ether oxygens (including phenoxy) is 3. The van der Waals surface area contributed by atoms with E-state index in [1.807, 2.05) is 0 Å². The molecule has 2 aliphatic rings. The summed E-state index contributed by atoms with van der Waals surface area (Å²) in [6.07, 6.45) is -5.10. The Kier molecular flexibility index (Phi) is 9.11. The number of carbonyl (C=O) groups excluding carboxylic acids is 1. The van der Waals surface area contributed by atoms with Crippen LogP contribution >= 0.6 is 23.2 Å². The van der Waals surface area contributed by atoms with Crippen LogP contribution in [-0.4, -0.2) is 99.7 Å². The fraction of sp³-hybridized carbons (Fsp3) is 0.444. The number of carbonyl (C=O) groups is 1. The van der Waals surface area contributed by atoms with Gasteiger partial charge in [-0.25, -0.2) is 13.5 Å². The highest BCUT2D eigenvalue weighted by atomic mass is 35.5. The van der Waals surface area contributed by atoms with E-state index in [-0.39, 0.29) is 45.8 Å². The normalized spacial score (nSPS) is 27.8. The number of rotatable bonds is 7. The van der Waals surface area contributed by atoms with Gasteiger partial charge in [0.1, 0.15) is 47.8 Å². The molecule has 0 unspecified atom stereocenters. The fourth-order valence-corrected chi connectivity index (χ4v) is 5.80. The smallest absolute Gasteiger partial charge is 0.259 e. The first kappa shape index (κ1) is 30.7. The largest absolute Gasteiger partial charge is 0.394 e. The van der Waals surface area contributed by atoms with Crippen LogP contribution in [0.2, 0.25) is 10.0 Å². The van der Waals surface area contributed by atoms with Gasteiger partial charge in [0, 0.05) is 34.0 Å². The number of nitrogens with zero attached hydrogens (tertiary/aromatic N) is 4. The van der Waals surface area contributed by atoms with Gasteiger partial charge in [-0.15, -0.1) is 5.10 Å². The number of hydrogen-bond donors (Lipinski definition) is 3. The molecule has 3 heterocycles. The summed E-state index contributed by atoms with van der Waals surface area (Å²) in [5.74, 6) is -2.25. The maximum absolute atomic E-state index is 14.3. The van der Waals surface area contributed by atoms with Crippen molar-refractivity contribution in [1.29, 1.82) is 0 Å². The Morgan fingerprint density at radius 1 is 1.14 bits per heavy atom. The molecular formula is C27H28Cl2F2N4O7. The standard InChI is InChI=1S/C27H28Cl2F2N4O7/c1-12-17(30)3-13(4-18(12)31)19-8-34(33-32-19)23-24(38)22(9-36)42-26(25(23)40-2)27(39)35(20-10-41-11-21(20)37)16-6-14(28)5-15(29)7-16/h3-8,20-26,36-38H,9-11H2,1-2H3/t20-,21-,22-,23+,24+,25-,26-/m1/s1. The molecule has 5 rings (SSSR count). The number of hydrogen-bond acceptors (Lipinski definition) is 9. The van der Waals surface area contributed by atoms with Crippen molar-refractivity contribution in [3.63, 3.8) is 0 Å². The second-order valence-electron chi connectivity index (χ2n) is 10.1. The van der Waals surface area contributed by atoms with E-state index in [4.69, 9.17) is 37.4 Å². The number of halogens is 4. The lowest BCUT2D eigenvalue weighted by Crippen LogP contribution is -2.63. The van der Waals surface area contributed by atoms with Crippen molar-refractivity contribution in [2.75, 3.05) is 31.8 Å². The third-order valence-corrected chi connectivity index (χ3v) is 7.93. The van der Waals surface area contributed by atoms with Crippen molar-refractivity contribution in [1.82, 2.24) is 15.0 Å². The van der Waals surface area contributed by atoms with Gasteiger partial charge in [-0.3, -0.25) is 4.79 Å². The van der Waals surface area contributed by atoms with E-state index in [1.165, 1.54) is 48.0 Å². The molecule has 2 saturated heterocycles. The number of benzene rings is 2. The molecule has 2 aromatic carbocycles. The number of aliphatic hydroxyl groups excluding tert-OH is 3. The Labute approximate surface area is 249 Å². The lowest BCUT2D eigenvalue weighted by molar-refractivity contribution is -0.211. The summed E-state index contributed by atoms with van der Waals surface area (Å²) in [7, 11) is 1.30. The second kappa shape index (κ2) is 12.5. The predicted octanol–water partition coefficient (Wildman–Crippen LogP) is 2.31. The lowest BCUT2D eigenvalue weighted by atomic mass is 9.91. The molecule has 226 valence electrons. The Morgan fingerprint density at radius 2 is 1.81 bits per heavy atom. The van der Waals surface area contributed by atoms with Crippen molar-refractivity contribution in [3.8, 4) is 11.3 Å². The summed E-state index contributed by atoms with van der Waals surface area (Å²) in [5, 5.41) is 40.4. The Morgan fingerprint density at radius 3 is 2.38 bits per heavy atom. The molecule has 1 amide bonds. The molecule has 7 atom stereocenters. The zero-order chi connectivity index (χ0) is 30.3. The summed E-state index contributed by atoms with van der Waals surface area (Å²) in [4.78, 5) is 15.5. The molecule has 2 fully saturated rings. The van der Waals surface area contributed by atoms with Gasteiger partial charge in [-0.1, -0.05) is 28.4 Å². The molecule has 3 aromatic rings. The first-order valence-electron chi connectivity index (χ1n) is 12.9. The molecule has 1 aromatic heterocycles. The third kappa shape index (κ3) is 5.75. The minimum absolute atomic E-state index is 0.00695. The van der Waals surface area contributed by atoms with Crippen LogP contribution in [0, 0.1) is 18.6 Å². The zero-order valence-corrected chi connectivity index (χ0v) is 23.9. The average Bonchev–Trinajstić information content (AvgIpc) is 3.60. The molecule has 3 N–H and O–H groups in total. The summed E-state index contributed by atoms with van der Waals surface area (Å²) in [5.41, 5.74) is 0.287. The van der Waals surface area contributed by atoms with Gasteiger partial charge >= 0.3 is 0 Å². The first-order valence-corrected chi connectivity index (χ1v) is 13.7. The molecule has 0 saturated carbocycles. The number of amides is 1. The Balaban J connectivity index is 1.54. The molecule has 0 bridgehead atoms. The van der Waals surface area contributed by atoms with Gasteiger partial charge in [-0.05, 0) is 37.3 Å². The number of anilines is 1. The highest BCUT2D eigenvalue weighted by Gasteiger charge is 2.52. The van der Waals surface area contributed by atoms with Crippen LogP contribution in [0.25, 0.3) is 11.3 Å². The third-order valence-electron chi connectivity index (χ3n) is 7.49. The molecule has 42 heavy (non-hydrogen) atoms. The van der Waals surface area contributed by atoms with E-state index in [2.05, 4.69) is 10.3 Å². The van der Waals surface area contributed by atoms with E-state index < -0.39 is 66.8 Å². The quantitative estimate of drug-likeness (QED) is 0.360. The Bertz CT molecular complexity index is 1420. The van der Waals surface area contributed by atoms with E-state index in [0.29, 0.717) is 0 Å². The predicted molar refractivity (Wildman–Crippen MR) is 146 cm³/mol. The van der Waals surface area contributed by atoms with Gasteiger partial charge < -0.3 is 34.4 Å². The topological polar surface area (TPSA) is 139 Å². The molecule has 0 radical (unpaired) electrons.